The molecule has 0 unspecified atom stereocenters. The average molecular weight is 314 g/mol. The molecule has 0 radical (unpaired) electrons. The summed E-state index contributed by atoms with van der Waals surface area (Å²) in [5.74, 6) is -1.22. The van der Waals surface area contributed by atoms with Gasteiger partial charge in [-0.25, -0.2) is 4.68 Å². The van der Waals surface area contributed by atoms with Gasteiger partial charge in [0.2, 0.25) is 0 Å². The number of H-pyrrole nitrogens is 1. The zero-order valence-electron chi connectivity index (χ0n) is 11.6. The summed E-state index contributed by atoms with van der Waals surface area (Å²) in [6.45, 7) is 1.68. The van der Waals surface area contributed by atoms with Gasteiger partial charge in [0.25, 0.3) is 5.56 Å². The van der Waals surface area contributed by atoms with Crippen molar-refractivity contribution < 1.29 is 23.1 Å². The normalized spacial score (nSPS) is 11.6. The van der Waals surface area contributed by atoms with E-state index in [4.69, 9.17) is 5.11 Å². The Balaban J connectivity index is 2.67. The first-order chi connectivity index (χ1) is 10.3. The van der Waals surface area contributed by atoms with Gasteiger partial charge in [-0.3, -0.25) is 14.7 Å². The Hall–Kier alpha value is -2.51. The first-order valence-corrected chi connectivity index (χ1v) is 6.46. The van der Waals surface area contributed by atoms with Crippen LogP contribution in [-0.4, -0.2) is 20.9 Å². The van der Waals surface area contributed by atoms with Gasteiger partial charge in [0.1, 0.15) is 0 Å². The highest BCUT2D eigenvalue weighted by molar-refractivity contribution is 5.70. The van der Waals surface area contributed by atoms with Crippen molar-refractivity contribution in [3.8, 4) is 5.69 Å². The Kier molecular flexibility index (Phi) is 4.11. The van der Waals surface area contributed by atoms with E-state index in [9.17, 15) is 22.8 Å². The van der Waals surface area contributed by atoms with Crippen LogP contribution >= 0.6 is 0 Å². The maximum atomic E-state index is 13.0. The number of nitrogens with zero attached hydrogens (tertiary/aromatic N) is 1. The number of aliphatic carboxylic acids is 1. The molecule has 8 heteroatoms. The second-order valence-corrected chi connectivity index (χ2v) is 4.65. The topological polar surface area (TPSA) is 75.1 Å². The van der Waals surface area contributed by atoms with Gasteiger partial charge in [-0.2, -0.15) is 13.2 Å². The van der Waals surface area contributed by atoms with Gasteiger partial charge in [0.15, 0.2) is 0 Å². The monoisotopic (exact) mass is 314 g/mol. The highest BCUT2D eigenvalue weighted by Gasteiger charge is 2.34. The smallest absolute Gasteiger partial charge is 0.418 e. The molecule has 0 saturated carbocycles. The van der Waals surface area contributed by atoms with Gasteiger partial charge in [0, 0.05) is 5.69 Å². The number of carboxylic acid groups (broad SMARTS) is 1. The Morgan fingerprint density at radius 3 is 2.50 bits per heavy atom. The van der Waals surface area contributed by atoms with Crippen LogP contribution in [0.4, 0.5) is 13.2 Å². The van der Waals surface area contributed by atoms with Crippen LogP contribution in [0.2, 0.25) is 0 Å². The zero-order valence-corrected chi connectivity index (χ0v) is 11.6. The molecule has 118 valence electrons. The number of rotatable bonds is 4. The van der Waals surface area contributed by atoms with Crippen LogP contribution in [0.3, 0.4) is 0 Å². The standard InChI is InChI=1S/C14H13F3N2O3/c1-2-10-8(7-12(20)21)13(22)19(18-10)11-6-4-3-5-9(11)14(15,16)17/h3-6,18H,2,7H2,1H3,(H,20,21). The lowest BCUT2D eigenvalue weighted by atomic mass is 10.1. The fourth-order valence-corrected chi connectivity index (χ4v) is 2.22. The van der Waals surface area contributed by atoms with E-state index in [1.165, 1.54) is 12.1 Å². The fraction of sp³-hybridized carbons (Fsp3) is 0.286. The predicted octanol–water partition coefficient (Wildman–Crippen LogP) is 2.37. The maximum absolute atomic E-state index is 13.0. The van der Waals surface area contributed by atoms with E-state index in [1.807, 2.05) is 0 Å². The number of para-hydroxylation sites is 1. The molecule has 1 aromatic heterocycles. The number of benzene rings is 1. The zero-order chi connectivity index (χ0) is 16.5. The number of aromatic amines is 1. The molecule has 1 heterocycles. The number of carboxylic acids is 1. The third-order valence-corrected chi connectivity index (χ3v) is 3.20. The molecule has 0 atom stereocenters. The second kappa shape index (κ2) is 5.70. The summed E-state index contributed by atoms with van der Waals surface area (Å²) >= 11 is 0. The van der Waals surface area contributed by atoms with Crippen molar-refractivity contribution in [2.75, 3.05) is 0 Å². The number of carbonyl (C=O) groups is 1. The van der Waals surface area contributed by atoms with E-state index in [0.29, 0.717) is 12.1 Å². The van der Waals surface area contributed by atoms with Crippen LogP contribution in [0.5, 0.6) is 0 Å². The largest absolute Gasteiger partial charge is 0.481 e. The summed E-state index contributed by atoms with van der Waals surface area (Å²) in [6, 6.07) is 4.62. The maximum Gasteiger partial charge on any atom is 0.418 e. The first kappa shape index (κ1) is 15.9. The molecular formula is C14H13F3N2O3. The minimum absolute atomic E-state index is 0.0352. The number of nitrogens with one attached hydrogen (secondary N) is 1. The Labute approximate surface area is 123 Å². The van der Waals surface area contributed by atoms with Gasteiger partial charge >= 0.3 is 12.1 Å². The predicted molar refractivity (Wildman–Crippen MR) is 72.1 cm³/mol. The molecule has 22 heavy (non-hydrogen) atoms. The lowest BCUT2D eigenvalue weighted by Crippen LogP contribution is -2.22. The second-order valence-electron chi connectivity index (χ2n) is 4.65. The summed E-state index contributed by atoms with van der Waals surface area (Å²) in [4.78, 5) is 23.1. The Morgan fingerprint density at radius 2 is 1.95 bits per heavy atom. The molecule has 0 spiro atoms. The SMILES string of the molecule is CCc1[nH]n(-c2ccccc2C(F)(F)F)c(=O)c1CC(=O)O. The molecule has 0 aliphatic heterocycles. The van der Waals surface area contributed by atoms with Crippen molar-refractivity contribution in [2.45, 2.75) is 25.9 Å². The highest BCUT2D eigenvalue weighted by atomic mass is 19.4. The third kappa shape index (κ3) is 2.90. The molecule has 0 bridgehead atoms. The molecule has 2 rings (SSSR count). The summed E-state index contributed by atoms with van der Waals surface area (Å²) in [7, 11) is 0. The van der Waals surface area contributed by atoms with Crippen molar-refractivity contribution in [2.24, 2.45) is 0 Å². The van der Waals surface area contributed by atoms with Gasteiger partial charge < -0.3 is 5.11 Å². The number of aromatic nitrogens is 2. The molecule has 0 aliphatic rings. The molecule has 0 amide bonds. The molecule has 2 aromatic rings. The number of aryl methyl sites for hydroxylation is 1. The number of halogens is 3. The molecular weight excluding hydrogens is 301 g/mol. The summed E-state index contributed by atoms with van der Waals surface area (Å²) in [5.41, 5.74) is -1.83. The minimum atomic E-state index is -4.62. The van der Waals surface area contributed by atoms with E-state index in [2.05, 4.69) is 5.10 Å². The van der Waals surface area contributed by atoms with Gasteiger partial charge in [-0.1, -0.05) is 19.1 Å². The van der Waals surface area contributed by atoms with E-state index in [0.717, 1.165) is 16.8 Å². The van der Waals surface area contributed by atoms with Crippen LogP contribution < -0.4 is 5.56 Å². The number of alkyl halides is 3. The van der Waals surface area contributed by atoms with Crippen LogP contribution in [0.25, 0.3) is 5.69 Å². The van der Waals surface area contributed by atoms with Crippen molar-refractivity contribution in [3.63, 3.8) is 0 Å². The highest BCUT2D eigenvalue weighted by Crippen LogP contribution is 2.33. The van der Waals surface area contributed by atoms with E-state index < -0.39 is 29.7 Å². The first-order valence-electron chi connectivity index (χ1n) is 6.46. The average Bonchev–Trinajstić information content (AvgIpc) is 2.74. The van der Waals surface area contributed by atoms with Crippen molar-refractivity contribution in [3.05, 3.63) is 51.4 Å². The Morgan fingerprint density at radius 1 is 1.32 bits per heavy atom. The van der Waals surface area contributed by atoms with E-state index >= 15 is 0 Å². The number of hydrogen-bond donors (Lipinski definition) is 2. The minimum Gasteiger partial charge on any atom is -0.481 e. The molecule has 0 aliphatic carbocycles. The van der Waals surface area contributed by atoms with Crippen LogP contribution in [0.15, 0.2) is 29.1 Å². The molecule has 0 saturated heterocycles. The van der Waals surface area contributed by atoms with Crippen molar-refractivity contribution >= 4 is 5.97 Å². The van der Waals surface area contributed by atoms with Gasteiger partial charge in [0.05, 0.1) is 23.2 Å². The molecule has 1 aromatic carbocycles. The lowest BCUT2D eigenvalue weighted by Gasteiger charge is -2.12. The third-order valence-electron chi connectivity index (χ3n) is 3.20. The van der Waals surface area contributed by atoms with Crippen molar-refractivity contribution in [1.29, 1.82) is 0 Å². The summed E-state index contributed by atoms with van der Waals surface area (Å²) < 4.78 is 39.9. The van der Waals surface area contributed by atoms with Crippen LogP contribution in [0.1, 0.15) is 23.7 Å². The van der Waals surface area contributed by atoms with Gasteiger partial charge in [-0.15, -0.1) is 0 Å². The Bertz CT molecular complexity index is 759. The van der Waals surface area contributed by atoms with E-state index in [1.54, 1.807) is 6.92 Å². The quantitative estimate of drug-likeness (QED) is 0.910. The molecule has 5 nitrogen and oxygen atoms in total. The molecule has 2 N–H and O–H groups in total. The summed E-state index contributed by atoms with van der Waals surface area (Å²) in [6.07, 6.45) is -4.86. The van der Waals surface area contributed by atoms with Crippen molar-refractivity contribution in [1.82, 2.24) is 9.78 Å². The van der Waals surface area contributed by atoms with E-state index in [-0.39, 0.29) is 11.3 Å². The number of hydrogen-bond acceptors (Lipinski definition) is 2. The summed E-state index contributed by atoms with van der Waals surface area (Å²) in [5, 5.41) is 11.4. The lowest BCUT2D eigenvalue weighted by molar-refractivity contribution is -0.138. The van der Waals surface area contributed by atoms with Gasteiger partial charge in [-0.05, 0) is 18.6 Å². The fourth-order valence-electron chi connectivity index (χ4n) is 2.22. The van der Waals surface area contributed by atoms with Crippen LogP contribution in [0, 0.1) is 0 Å². The molecule has 0 fully saturated rings. The van der Waals surface area contributed by atoms with Crippen LogP contribution in [-0.2, 0) is 23.8 Å².